The van der Waals surface area contributed by atoms with E-state index in [1.54, 1.807) is 36.2 Å². The van der Waals surface area contributed by atoms with Crippen LogP contribution in [-0.2, 0) is 9.59 Å². The smallest absolute Gasteiger partial charge is 0.253 e. The maximum atomic E-state index is 12.3. The average molecular weight is 360 g/mol. The Kier molecular flexibility index (Phi) is 7.15. The summed E-state index contributed by atoms with van der Waals surface area (Å²) in [6.45, 7) is 4.84. The summed E-state index contributed by atoms with van der Waals surface area (Å²) >= 11 is 0. The SMILES string of the molecule is CC(C)CNC(=O)c1ccccc1NC(=O)CN(C)CC(=O)NC1CC1. The maximum absolute atomic E-state index is 12.3. The molecule has 3 amide bonds. The Balaban J connectivity index is 1.87. The maximum Gasteiger partial charge on any atom is 0.253 e. The summed E-state index contributed by atoms with van der Waals surface area (Å²) in [5, 5.41) is 8.50. The first-order valence-corrected chi connectivity index (χ1v) is 9.00. The molecule has 1 aromatic carbocycles. The highest BCUT2D eigenvalue weighted by Crippen LogP contribution is 2.18. The van der Waals surface area contributed by atoms with Gasteiger partial charge < -0.3 is 16.0 Å². The molecule has 142 valence electrons. The Morgan fingerprint density at radius 3 is 2.42 bits per heavy atom. The fourth-order valence-corrected chi connectivity index (χ4v) is 2.42. The average Bonchev–Trinajstić information content (AvgIpc) is 3.36. The first-order chi connectivity index (χ1) is 12.3. The molecule has 0 spiro atoms. The Morgan fingerprint density at radius 2 is 1.77 bits per heavy atom. The van der Waals surface area contributed by atoms with E-state index < -0.39 is 0 Å². The van der Waals surface area contributed by atoms with Crippen LogP contribution in [-0.4, -0.2) is 55.3 Å². The Bertz CT molecular complexity index is 656. The van der Waals surface area contributed by atoms with Gasteiger partial charge in [-0.25, -0.2) is 0 Å². The van der Waals surface area contributed by atoms with Gasteiger partial charge in [0.2, 0.25) is 11.8 Å². The topological polar surface area (TPSA) is 90.5 Å². The third-order valence-corrected chi connectivity index (χ3v) is 3.89. The molecular formula is C19H28N4O3. The highest BCUT2D eigenvalue weighted by Gasteiger charge is 2.24. The van der Waals surface area contributed by atoms with Crippen molar-refractivity contribution in [1.29, 1.82) is 0 Å². The minimum atomic E-state index is -0.268. The molecule has 0 heterocycles. The van der Waals surface area contributed by atoms with Crippen molar-refractivity contribution in [2.24, 2.45) is 5.92 Å². The normalized spacial score (nSPS) is 13.6. The summed E-state index contributed by atoms with van der Waals surface area (Å²) in [6, 6.07) is 7.21. The van der Waals surface area contributed by atoms with Crippen LogP contribution in [0.5, 0.6) is 0 Å². The first-order valence-electron chi connectivity index (χ1n) is 9.00. The van der Waals surface area contributed by atoms with E-state index in [0.29, 0.717) is 29.8 Å². The molecule has 26 heavy (non-hydrogen) atoms. The van der Waals surface area contributed by atoms with E-state index in [2.05, 4.69) is 16.0 Å². The second-order valence-electron chi connectivity index (χ2n) is 7.21. The minimum Gasteiger partial charge on any atom is -0.352 e. The van der Waals surface area contributed by atoms with Crippen molar-refractivity contribution in [2.75, 3.05) is 32.0 Å². The van der Waals surface area contributed by atoms with E-state index in [1.165, 1.54) is 0 Å². The molecule has 7 heteroatoms. The molecule has 0 unspecified atom stereocenters. The number of nitrogens with zero attached hydrogens (tertiary/aromatic N) is 1. The lowest BCUT2D eigenvalue weighted by atomic mass is 10.1. The molecule has 1 fully saturated rings. The first kappa shape index (κ1) is 19.9. The molecule has 0 aromatic heterocycles. The number of amides is 3. The molecule has 0 aliphatic heterocycles. The molecule has 0 saturated heterocycles. The zero-order valence-corrected chi connectivity index (χ0v) is 15.7. The van der Waals surface area contributed by atoms with Crippen LogP contribution in [0.4, 0.5) is 5.69 Å². The molecule has 0 bridgehead atoms. The fraction of sp³-hybridized carbons (Fsp3) is 0.526. The van der Waals surface area contributed by atoms with E-state index in [1.807, 2.05) is 13.8 Å². The van der Waals surface area contributed by atoms with Crippen LogP contribution in [0.3, 0.4) is 0 Å². The number of para-hydroxylation sites is 1. The van der Waals surface area contributed by atoms with Gasteiger partial charge in [0.1, 0.15) is 0 Å². The summed E-state index contributed by atoms with van der Waals surface area (Å²) in [6.07, 6.45) is 2.07. The van der Waals surface area contributed by atoms with Crippen LogP contribution in [0.25, 0.3) is 0 Å². The van der Waals surface area contributed by atoms with Crippen LogP contribution in [0.1, 0.15) is 37.0 Å². The van der Waals surface area contributed by atoms with Gasteiger partial charge in [-0.05, 0) is 37.9 Å². The van der Waals surface area contributed by atoms with Crippen molar-refractivity contribution in [3.63, 3.8) is 0 Å². The van der Waals surface area contributed by atoms with Crippen molar-refractivity contribution in [2.45, 2.75) is 32.7 Å². The van der Waals surface area contributed by atoms with Crippen LogP contribution in [0.2, 0.25) is 0 Å². The molecule has 2 rings (SSSR count). The molecule has 1 aromatic rings. The van der Waals surface area contributed by atoms with Crippen LogP contribution in [0.15, 0.2) is 24.3 Å². The predicted molar refractivity (Wildman–Crippen MR) is 101 cm³/mol. The molecule has 0 radical (unpaired) electrons. The van der Waals surface area contributed by atoms with E-state index in [9.17, 15) is 14.4 Å². The highest BCUT2D eigenvalue weighted by molar-refractivity contribution is 6.04. The van der Waals surface area contributed by atoms with Gasteiger partial charge in [-0.1, -0.05) is 26.0 Å². The lowest BCUT2D eigenvalue weighted by Crippen LogP contribution is -2.39. The number of nitrogens with one attached hydrogen (secondary N) is 3. The Labute approximate surface area is 154 Å². The quantitative estimate of drug-likeness (QED) is 0.618. The number of likely N-dealkylation sites (N-methyl/N-ethyl adjacent to an activating group) is 1. The number of rotatable bonds is 9. The number of carbonyl (C=O) groups excluding carboxylic acids is 3. The molecule has 3 N–H and O–H groups in total. The van der Waals surface area contributed by atoms with Gasteiger partial charge in [-0.2, -0.15) is 0 Å². The van der Waals surface area contributed by atoms with E-state index >= 15 is 0 Å². The molecule has 1 aliphatic carbocycles. The third kappa shape index (κ3) is 6.84. The van der Waals surface area contributed by atoms with Crippen molar-refractivity contribution in [3.05, 3.63) is 29.8 Å². The Hall–Kier alpha value is -2.41. The van der Waals surface area contributed by atoms with Crippen molar-refractivity contribution in [3.8, 4) is 0 Å². The molecule has 0 atom stereocenters. The summed E-state index contributed by atoms with van der Waals surface area (Å²) in [4.78, 5) is 38.0. The monoisotopic (exact) mass is 360 g/mol. The fourth-order valence-electron chi connectivity index (χ4n) is 2.42. The van der Waals surface area contributed by atoms with Gasteiger partial charge in [0, 0.05) is 12.6 Å². The Morgan fingerprint density at radius 1 is 1.12 bits per heavy atom. The van der Waals surface area contributed by atoms with Gasteiger partial charge in [0.25, 0.3) is 5.91 Å². The zero-order chi connectivity index (χ0) is 19.1. The van der Waals surface area contributed by atoms with Crippen molar-refractivity contribution < 1.29 is 14.4 Å². The van der Waals surface area contributed by atoms with Gasteiger partial charge in [0.05, 0.1) is 24.3 Å². The largest absolute Gasteiger partial charge is 0.352 e. The summed E-state index contributed by atoms with van der Waals surface area (Å²) in [7, 11) is 1.72. The van der Waals surface area contributed by atoms with Crippen LogP contribution in [0, 0.1) is 5.92 Å². The van der Waals surface area contributed by atoms with Gasteiger partial charge >= 0.3 is 0 Å². The summed E-state index contributed by atoms with van der Waals surface area (Å²) in [5.41, 5.74) is 0.894. The van der Waals surface area contributed by atoms with Crippen LogP contribution >= 0.6 is 0 Å². The molecule has 1 saturated carbocycles. The molecule has 7 nitrogen and oxygen atoms in total. The van der Waals surface area contributed by atoms with Crippen molar-refractivity contribution in [1.82, 2.24) is 15.5 Å². The van der Waals surface area contributed by atoms with E-state index in [-0.39, 0.29) is 30.8 Å². The van der Waals surface area contributed by atoms with E-state index in [4.69, 9.17) is 0 Å². The van der Waals surface area contributed by atoms with Gasteiger partial charge in [-0.15, -0.1) is 0 Å². The predicted octanol–water partition coefficient (Wildman–Crippen LogP) is 1.22. The number of benzene rings is 1. The molecule has 1 aliphatic rings. The second kappa shape index (κ2) is 9.33. The second-order valence-corrected chi connectivity index (χ2v) is 7.21. The number of hydrogen-bond acceptors (Lipinski definition) is 4. The summed E-state index contributed by atoms with van der Waals surface area (Å²) in [5.74, 6) is -0.213. The number of carbonyl (C=O) groups is 3. The van der Waals surface area contributed by atoms with Gasteiger partial charge in [0.15, 0.2) is 0 Å². The van der Waals surface area contributed by atoms with E-state index in [0.717, 1.165) is 12.8 Å². The molecular weight excluding hydrogens is 332 g/mol. The lowest BCUT2D eigenvalue weighted by molar-refractivity contribution is -0.123. The highest BCUT2D eigenvalue weighted by atomic mass is 16.2. The van der Waals surface area contributed by atoms with Gasteiger partial charge in [-0.3, -0.25) is 19.3 Å². The minimum absolute atomic E-state index is 0.0695. The lowest BCUT2D eigenvalue weighted by Gasteiger charge is -2.17. The standard InChI is InChI=1S/C19H28N4O3/c1-13(2)10-20-19(26)15-6-4-5-7-16(15)22-18(25)12-23(3)11-17(24)21-14-8-9-14/h4-7,13-14H,8-12H2,1-3H3,(H,20,26)(H,21,24)(H,22,25). The third-order valence-electron chi connectivity index (χ3n) is 3.89. The van der Waals surface area contributed by atoms with Crippen molar-refractivity contribution >= 4 is 23.4 Å². The number of hydrogen-bond donors (Lipinski definition) is 3. The summed E-state index contributed by atoms with van der Waals surface area (Å²) < 4.78 is 0. The zero-order valence-electron chi connectivity index (χ0n) is 15.7. The number of anilines is 1. The van der Waals surface area contributed by atoms with Crippen LogP contribution < -0.4 is 16.0 Å².